The van der Waals surface area contributed by atoms with E-state index in [1.54, 1.807) is 36.5 Å². The lowest BCUT2D eigenvalue weighted by Gasteiger charge is -2.16. The maximum Gasteiger partial charge on any atom is 0.262 e. The Morgan fingerprint density at radius 2 is 1.67 bits per heavy atom. The Balaban J connectivity index is 2.41. The highest BCUT2D eigenvalue weighted by atomic mass is 16.1. The van der Waals surface area contributed by atoms with Crippen LogP contribution in [0.3, 0.4) is 0 Å². The summed E-state index contributed by atoms with van der Waals surface area (Å²) in [7, 11) is 0. The van der Waals surface area contributed by atoms with Crippen LogP contribution in [0.15, 0.2) is 59.5 Å². The van der Waals surface area contributed by atoms with Crippen LogP contribution in [0, 0.1) is 6.85 Å². The Bertz CT molecular complexity index is 955. The lowest BCUT2D eigenvalue weighted by atomic mass is 9.98. The molecule has 0 aliphatic heterocycles. The van der Waals surface area contributed by atoms with E-state index in [0.29, 0.717) is 11.1 Å². The first-order valence-corrected chi connectivity index (χ1v) is 7.05. The third kappa shape index (κ3) is 2.27. The van der Waals surface area contributed by atoms with Gasteiger partial charge in [0.2, 0.25) is 0 Å². The summed E-state index contributed by atoms with van der Waals surface area (Å²) in [5.41, 5.74) is 1.41. The van der Waals surface area contributed by atoms with Gasteiger partial charge in [0.25, 0.3) is 5.56 Å². The van der Waals surface area contributed by atoms with E-state index >= 15 is 0 Å². The molecular weight excluding hydrogens is 258 g/mol. The lowest BCUT2D eigenvalue weighted by molar-refractivity contribution is 0.847. The third-order valence-electron chi connectivity index (χ3n) is 3.74. The van der Waals surface area contributed by atoms with E-state index in [0.717, 1.165) is 10.9 Å². The highest BCUT2D eigenvalue weighted by Gasteiger charge is 2.12. The van der Waals surface area contributed by atoms with Crippen molar-refractivity contribution in [3.63, 3.8) is 0 Å². The van der Waals surface area contributed by atoms with Crippen molar-refractivity contribution in [2.75, 3.05) is 0 Å². The molecule has 0 N–H and O–H groups in total. The molecule has 0 aliphatic carbocycles. The zero-order valence-electron chi connectivity index (χ0n) is 15.1. The van der Waals surface area contributed by atoms with Crippen molar-refractivity contribution in [2.24, 2.45) is 0 Å². The van der Waals surface area contributed by atoms with Gasteiger partial charge in [0.1, 0.15) is 0 Å². The quantitative estimate of drug-likeness (QED) is 0.681. The van der Waals surface area contributed by atoms with Gasteiger partial charge in [0.15, 0.2) is 0 Å². The first-order chi connectivity index (χ1) is 11.3. The minimum absolute atomic E-state index is 0.178. The summed E-state index contributed by atoms with van der Waals surface area (Å²) in [6.45, 7) is 1.85. The van der Waals surface area contributed by atoms with Crippen molar-refractivity contribution in [1.29, 1.82) is 0 Å². The molecule has 0 aliphatic rings. The minimum atomic E-state index is -2.28. The van der Waals surface area contributed by atoms with Crippen molar-refractivity contribution in [3.8, 4) is 5.69 Å². The molecule has 1 heterocycles. The molecule has 2 nitrogen and oxygen atoms in total. The maximum atomic E-state index is 13.0. The summed E-state index contributed by atoms with van der Waals surface area (Å²) in [6, 6.07) is 14.1. The van der Waals surface area contributed by atoms with Crippen molar-refractivity contribution in [1.82, 2.24) is 4.57 Å². The molecule has 0 unspecified atom stereocenters. The minimum Gasteiger partial charge on any atom is -0.283 e. The molecule has 0 atom stereocenters. The molecule has 3 aromatic rings. The molecule has 0 saturated heterocycles. The number of aromatic nitrogens is 1. The molecule has 0 saturated carbocycles. The fourth-order valence-corrected chi connectivity index (χ4v) is 2.64. The van der Waals surface area contributed by atoms with E-state index in [-0.39, 0.29) is 17.0 Å². The number of hydrogen-bond donors (Lipinski definition) is 0. The Labute approximate surface area is 128 Å². The van der Waals surface area contributed by atoms with E-state index in [1.807, 2.05) is 18.2 Å². The summed E-state index contributed by atoms with van der Waals surface area (Å²) >= 11 is 0. The third-order valence-corrected chi connectivity index (χ3v) is 3.74. The number of nitrogens with zero attached hydrogens (tertiary/aromatic N) is 1. The van der Waals surface area contributed by atoms with Gasteiger partial charge < -0.3 is 0 Å². The van der Waals surface area contributed by atoms with Crippen molar-refractivity contribution in [3.05, 3.63) is 76.2 Å². The smallest absolute Gasteiger partial charge is 0.262 e. The second-order valence-electron chi connectivity index (χ2n) is 5.48. The summed E-state index contributed by atoms with van der Waals surface area (Å²) < 4.78 is 24.7. The first kappa shape index (κ1) is 10.4. The number of benzene rings is 2. The SMILES string of the molecule is [2H]C([2H])([2H])c1ccccc1-n1cc(C(C)C)c2ccccc2c1=O. The molecule has 0 radical (unpaired) electrons. The second kappa shape index (κ2) is 5.21. The Morgan fingerprint density at radius 3 is 2.38 bits per heavy atom. The predicted octanol–water partition coefficient (Wildman–Crippen LogP) is 4.42. The largest absolute Gasteiger partial charge is 0.283 e. The Kier molecular flexibility index (Phi) is 2.58. The highest BCUT2D eigenvalue weighted by Crippen LogP contribution is 2.24. The van der Waals surface area contributed by atoms with Crippen LogP contribution >= 0.6 is 0 Å². The van der Waals surface area contributed by atoms with E-state index in [9.17, 15) is 4.79 Å². The first-order valence-electron chi connectivity index (χ1n) is 8.55. The summed E-state index contributed by atoms with van der Waals surface area (Å²) in [5, 5.41) is 1.52. The van der Waals surface area contributed by atoms with Crippen LogP contribution in [-0.4, -0.2) is 4.57 Å². The zero-order chi connectivity index (χ0) is 17.5. The molecule has 21 heavy (non-hydrogen) atoms. The summed E-state index contributed by atoms with van der Waals surface area (Å²) in [6.07, 6.45) is 1.78. The summed E-state index contributed by atoms with van der Waals surface area (Å²) in [5.74, 6) is 0.210. The van der Waals surface area contributed by atoms with Crippen LogP contribution in [0.4, 0.5) is 0 Å². The Morgan fingerprint density at radius 1 is 1.00 bits per heavy atom. The molecule has 2 heteroatoms. The Hall–Kier alpha value is -2.35. The molecule has 0 amide bonds. The standard InChI is InChI=1S/C19H19NO/c1-13(2)17-12-20(18-11-7-4-8-14(18)3)19(21)16-10-6-5-9-15(16)17/h4-13H,1-3H3/i3D3. The van der Waals surface area contributed by atoms with Gasteiger partial charge in [-0.25, -0.2) is 0 Å². The van der Waals surface area contributed by atoms with E-state index in [1.165, 1.54) is 4.57 Å². The number of para-hydroxylation sites is 1. The number of aryl methyl sites for hydroxylation is 1. The number of hydrogen-bond acceptors (Lipinski definition) is 1. The monoisotopic (exact) mass is 280 g/mol. The van der Waals surface area contributed by atoms with Gasteiger partial charge >= 0.3 is 0 Å². The predicted molar refractivity (Wildman–Crippen MR) is 88.4 cm³/mol. The average Bonchev–Trinajstić information content (AvgIpc) is 2.54. The van der Waals surface area contributed by atoms with Gasteiger partial charge in [-0.05, 0) is 41.4 Å². The van der Waals surface area contributed by atoms with Crippen molar-refractivity contribution >= 4 is 10.8 Å². The van der Waals surface area contributed by atoms with Crippen LogP contribution < -0.4 is 5.56 Å². The molecule has 0 spiro atoms. The van der Waals surface area contributed by atoms with Crippen LogP contribution in [0.25, 0.3) is 16.5 Å². The van der Waals surface area contributed by atoms with E-state index < -0.39 is 6.85 Å². The lowest BCUT2D eigenvalue weighted by Crippen LogP contribution is -2.20. The van der Waals surface area contributed by atoms with Gasteiger partial charge in [-0.3, -0.25) is 9.36 Å². The van der Waals surface area contributed by atoms with Crippen molar-refractivity contribution in [2.45, 2.75) is 26.6 Å². The average molecular weight is 280 g/mol. The van der Waals surface area contributed by atoms with Crippen LogP contribution in [0.1, 0.15) is 35.0 Å². The van der Waals surface area contributed by atoms with E-state index in [4.69, 9.17) is 4.11 Å². The van der Waals surface area contributed by atoms with Gasteiger partial charge in [0, 0.05) is 15.7 Å². The number of rotatable bonds is 2. The van der Waals surface area contributed by atoms with Gasteiger partial charge in [0.05, 0.1) is 5.69 Å². The number of pyridine rings is 1. The second-order valence-corrected chi connectivity index (χ2v) is 5.48. The van der Waals surface area contributed by atoms with Gasteiger partial charge in [-0.1, -0.05) is 50.2 Å². The fourth-order valence-electron chi connectivity index (χ4n) is 2.64. The van der Waals surface area contributed by atoms with Crippen molar-refractivity contribution < 1.29 is 4.11 Å². The molecule has 0 bridgehead atoms. The molecular formula is C19H19NO. The fraction of sp³-hybridized carbons (Fsp3) is 0.211. The van der Waals surface area contributed by atoms with Gasteiger partial charge in [-0.15, -0.1) is 0 Å². The zero-order valence-corrected chi connectivity index (χ0v) is 12.1. The maximum absolute atomic E-state index is 13.0. The molecule has 106 valence electrons. The highest BCUT2D eigenvalue weighted by molar-refractivity contribution is 5.85. The van der Waals surface area contributed by atoms with E-state index in [2.05, 4.69) is 13.8 Å². The van der Waals surface area contributed by atoms with Crippen LogP contribution in [0.2, 0.25) is 0 Å². The molecule has 2 aromatic carbocycles. The topological polar surface area (TPSA) is 22.0 Å². The molecule has 1 aromatic heterocycles. The van der Waals surface area contributed by atoms with Crippen LogP contribution in [-0.2, 0) is 0 Å². The summed E-state index contributed by atoms with van der Waals surface area (Å²) in [4.78, 5) is 13.0. The number of fused-ring (bicyclic) bond motifs is 1. The van der Waals surface area contributed by atoms with Crippen LogP contribution in [0.5, 0.6) is 0 Å². The molecule has 3 rings (SSSR count). The normalized spacial score (nSPS) is 14.0. The molecule has 0 fully saturated rings. The van der Waals surface area contributed by atoms with Gasteiger partial charge in [-0.2, -0.15) is 0 Å².